The average Bonchev–Trinajstić information content (AvgIpc) is 3.39. The molecule has 0 unspecified atom stereocenters. The van der Waals surface area contributed by atoms with E-state index in [1.807, 2.05) is 6.20 Å². The minimum absolute atomic E-state index is 0.212. The Balaban J connectivity index is 1.64. The Bertz CT molecular complexity index is 1960. The highest BCUT2D eigenvalue weighted by Crippen LogP contribution is 2.44. The van der Waals surface area contributed by atoms with Crippen LogP contribution in [0.1, 0.15) is 51.7 Å². The summed E-state index contributed by atoms with van der Waals surface area (Å²) in [5, 5.41) is 7.92. The van der Waals surface area contributed by atoms with Gasteiger partial charge in [0, 0.05) is 33.3 Å². The smallest absolute Gasteiger partial charge is 0.0949 e. The predicted octanol–water partition coefficient (Wildman–Crippen LogP) is 9.76. The van der Waals surface area contributed by atoms with E-state index in [-0.39, 0.29) is 5.41 Å². The van der Waals surface area contributed by atoms with Crippen molar-refractivity contribution in [2.75, 3.05) is 0 Å². The van der Waals surface area contributed by atoms with Gasteiger partial charge in [-0.05, 0) is 63.9 Å². The van der Waals surface area contributed by atoms with Crippen molar-refractivity contribution in [3.05, 3.63) is 96.2 Å². The first-order valence-corrected chi connectivity index (χ1v) is 13.4. The number of hydrogen-bond donors (Lipinski definition) is 0. The molecule has 0 saturated heterocycles. The van der Waals surface area contributed by atoms with Crippen LogP contribution in [0.3, 0.4) is 0 Å². The van der Waals surface area contributed by atoms with Crippen LogP contribution in [0.25, 0.3) is 60.1 Å². The summed E-state index contributed by atoms with van der Waals surface area (Å²) in [6.45, 7) is 11.5. The van der Waals surface area contributed by atoms with Crippen molar-refractivity contribution in [2.24, 2.45) is 5.41 Å². The van der Waals surface area contributed by atoms with Gasteiger partial charge in [0.25, 0.3) is 0 Å². The van der Waals surface area contributed by atoms with E-state index in [0.29, 0.717) is 5.92 Å². The number of fused-ring (bicyclic) bond motifs is 7. The number of pyridine rings is 1. The summed E-state index contributed by atoms with van der Waals surface area (Å²) in [4.78, 5) is 5.05. The average molecular weight is 481 g/mol. The summed E-state index contributed by atoms with van der Waals surface area (Å²) in [6, 6.07) is 29.2. The SMILES string of the molecule is CC(C)c1cc(-c2nccc3c4ccc(CC(C)(C)C)c5c6ccccc6n(c23)c45)cc2ccccc12. The van der Waals surface area contributed by atoms with Gasteiger partial charge in [0.15, 0.2) is 0 Å². The molecule has 37 heavy (non-hydrogen) atoms. The summed E-state index contributed by atoms with van der Waals surface area (Å²) >= 11 is 0. The molecule has 0 spiro atoms. The molecule has 2 nitrogen and oxygen atoms in total. The van der Waals surface area contributed by atoms with E-state index in [1.165, 1.54) is 65.6 Å². The van der Waals surface area contributed by atoms with Gasteiger partial charge in [-0.15, -0.1) is 0 Å². The van der Waals surface area contributed by atoms with Crippen molar-refractivity contribution >= 4 is 48.9 Å². The highest BCUT2D eigenvalue weighted by atomic mass is 14.9. The fraction of sp³-hybridized carbons (Fsp3) is 0.229. The molecule has 0 fully saturated rings. The third kappa shape index (κ3) is 3.28. The van der Waals surface area contributed by atoms with Gasteiger partial charge >= 0.3 is 0 Å². The van der Waals surface area contributed by atoms with Gasteiger partial charge in [-0.1, -0.05) is 89.2 Å². The summed E-state index contributed by atoms with van der Waals surface area (Å²) in [7, 11) is 0. The summed E-state index contributed by atoms with van der Waals surface area (Å²) < 4.78 is 2.49. The molecule has 0 radical (unpaired) electrons. The summed E-state index contributed by atoms with van der Waals surface area (Å²) in [6.07, 6.45) is 3.03. The third-order valence-corrected chi connectivity index (χ3v) is 7.85. The van der Waals surface area contributed by atoms with Crippen LogP contribution in [0.4, 0.5) is 0 Å². The van der Waals surface area contributed by atoms with E-state index >= 15 is 0 Å². The zero-order chi connectivity index (χ0) is 25.5. The zero-order valence-corrected chi connectivity index (χ0v) is 22.3. The van der Waals surface area contributed by atoms with E-state index in [1.54, 1.807) is 0 Å². The maximum absolute atomic E-state index is 5.05. The van der Waals surface area contributed by atoms with Crippen molar-refractivity contribution in [1.29, 1.82) is 0 Å². The minimum Gasteiger partial charge on any atom is -0.306 e. The zero-order valence-electron chi connectivity index (χ0n) is 22.3. The van der Waals surface area contributed by atoms with E-state index in [0.717, 1.165) is 12.1 Å². The van der Waals surface area contributed by atoms with E-state index in [9.17, 15) is 0 Å². The van der Waals surface area contributed by atoms with E-state index in [4.69, 9.17) is 4.98 Å². The van der Waals surface area contributed by atoms with Crippen LogP contribution in [0.15, 0.2) is 85.1 Å². The lowest BCUT2D eigenvalue weighted by Crippen LogP contribution is -2.09. The molecule has 0 aliphatic carbocycles. The van der Waals surface area contributed by atoms with Crippen LogP contribution in [0.5, 0.6) is 0 Å². The molecule has 0 bridgehead atoms. The Kier molecular flexibility index (Phi) is 4.70. The highest BCUT2D eigenvalue weighted by Gasteiger charge is 2.24. The Labute approximate surface area is 217 Å². The molecule has 2 heteroatoms. The number of aromatic nitrogens is 2. The topological polar surface area (TPSA) is 17.3 Å². The number of benzene rings is 4. The normalized spacial score (nSPS) is 12.8. The number of rotatable bonds is 3. The highest BCUT2D eigenvalue weighted by molar-refractivity contribution is 6.25. The second-order valence-corrected chi connectivity index (χ2v) is 12.1. The van der Waals surface area contributed by atoms with Crippen LogP contribution in [-0.2, 0) is 6.42 Å². The fourth-order valence-electron chi connectivity index (χ4n) is 6.40. The molecule has 0 atom stereocenters. The first kappa shape index (κ1) is 22.3. The van der Waals surface area contributed by atoms with E-state index < -0.39 is 0 Å². The van der Waals surface area contributed by atoms with Crippen LogP contribution in [0, 0.1) is 5.41 Å². The number of para-hydroxylation sites is 1. The van der Waals surface area contributed by atoms with Crippen LogP contribution in [0.2, 0.25) is 0 Å². The van der Waals surface area contributed by atoms with Gasteiger partial charge in [0.05, 0.1) is 22.2 Å². The molecule has 0 N–H and O–H groups in total. The summed E-state index contributed by atoms with van der Waals surface area (Å²) in [5.41, 5.74) is 9.06. The second-order valence-electron chi connectivity index (χ2n) is 12.1. The third-order valence-electron chi connectivity index (χ3n) is 7.85. The molecule has 3 heterocycles. The van der Waals surface area contributed by atoms with Crippen LogP contribution < -0.4 is 0 Å². The molecular formula is C35H32N2. The van der Waals surface area contributed by atoms with Gasteiger partial charge in [0.2, 0.25) is 0 Å². The molecule has 4 aromatic carbocycles. The molecule has 3 aromatic heterocycles. The quantitative estimate of drug-likeness (QED) is 0.246. The molecule has 0 aliphatic heterocycles. The Morgan fingerprint density at radius 3 is 2.27 bits per heavy atom. The van der Waals surface area contributed by atoms with E-state index in [2.05, 4.69) is 118 Å². The molecule has 0 aliphatic rings. The summed E-state index contributed by atoms with van der Waals surface area (Å²) in [5.74, 6) is 0.429. The van der Waals surface area contributed by atoms with Gasteiger partial charge in [0.1, 0.15) is 0 Å². The maximum atomic E-state index is 5.05. The Morgan fingerprint density at radius 1 is 0.757 bits per heavy atom. The Hall–Kier alpha value is -3.91. The first-order valence-electron chi connectivity index (χ1n) is 13.4. The van der Waals surface area contributed by atoms with Gasteiger partial charge in [-0.2, -0.15) is 0 Å². The van der Waals surface area contributed by atoms with Crippen molar-refractivity contribution in [2.45, 2.75) is 47.0 Å². The fourth-order valence-corrected chi connectivity index (χ4v) is 6.40. The maximum Gasteiger partial charge on any atom is 0.0949 e. The van der Waals surface area contributed by atoms with Gasteiger partial charge in [-0.3, -0.25) is 4.98 Å². The lowest BCUT2D eigenvalue weighted by Gasteiger charge is -2.19. The van der Waals surface area contributed by atoms with Crippen molar-refractivity contribution in [1.82, 2.24) is 9.38 Å². The minimum atomic E-state index is 0.212. The molecule has 0 saturated carbocycles. The lowest BCUT2D eigenvalue weighted by atomic mass is 9.86. The van der Waals surface area contributed by atoms with Crippen molar-refractivity contribution < 1.29 is 0 Å². The first-order chi connectivity index (χ1) is 17.8. The lowest BCUT2D eigenvalue weighted by molar-refractivity contribution is 0.413. The van der Waals surface area contributed by atoms with Gasteiger partial charge in [-0.25, -0.2) is 0 Å². The number of hydrogen-bond acceptors (Lipinski definition) is 1. The molecule has 7 aromatic rings. The standard InChI is InChI=1S/C35H32N2/c1-21(2)29-19-24(18-22-10-6-7-11-25(22)29)32-34-27(16-17-36-32)26-15-14-23(20-35(3,4)5)31-28-12-8-9-13-30(28)37(34)33(26)31/h6-19,21H,20H2,1-5H3. The molecule has 7 rings (SSSR count). The van der Waals surface area contributed by atoms with Crippen molar-refractivity contribution in [3.63, 3.8) is 0 Å². The molecule has 0 amide bonds. The largest absolute Gasteiger partial charge is 0.306 e. The van der Waals surface area contributed by atoms with Crippen LogP contribution >= 0.6 is 0 Å². The second kappa shape index (κ2) is 7.79. The molecule has 182 valence electrons. The Morgan fingerprint density at radius 2 is 1.49 bits per heavy atom. The predicted molar refractivity (Wildman–Crippen MR) is 159 cm³/mol. The van der Waals surface area contributed by atoms with Crippen molar-refractivity contribution in [3.8, 4) is 11.3 Å². The monoisotopic (exact) mass is 480 g/mol. The van der Waals surface area contributed by atoms with Crippen LogP contribution in [-0.4, -0.2) is 9.38 Å². The number of nitrogens with zero attached hydrogens (tertiary/aromatic N) is 2. The molecular weight excluding hydrogens is 448 g/mol. The van der Waals surface area contributed by atoms with Gasteiger partial charge < -0.3 is 4.40 Å².